The lowest BCUT2D eigenvalue weighted by molar-refractivity contribution is 0.255. The second kappa shape index (κ2) is 7.72. The van der Waals surface area contributed by atoms with Gasteiger partial charge in [-0.15, -0.1) is 0 Å². The molecule has 5 heteroatoms. The zero-order valence-corrected chi connectivity index (χ0v) is 15.8. The molecule has 0 radical (unpaired) electrons. The largest absolute Gasteiger partial charge is 0.496 e. The molecular weight excluding hydrogens is 334 g/mol. The second-order valence-corrected chi connectivity index (χ2v) is 7.28. The highest BCUT2D eigenvalue weighted by Crippen LogP contribution is 2.33. The molecule has 1 fully saturated rings. The highest BCUT2D eigenvalue weighted by Gasteiger charge is 2.35. The summed E-state index contributed by atoms with van der Waals surface area (Å²) < 4.78 is 33.3. The monoisotopic (exact) mass is 360 g/mol. The van der Waals surface area contributed by atoms with E-state index in [-0.39, 0.29) is 5.56 Å². The second-order valence-electron chi connectivity index (χ2n) is 7.28. The molecule has 0 unspecified atom stereocenters. The Kier molecular flexibility index (Phi) is 5.58. The predicted octanol–water partition coefficient (Wildman–Crippen LogP) is 3.81. The lowest BCUT2D eigenvalue weighted by atomic mass is 9.93. The number of hydrogen-bond donors (Lipinski definition) is 0. The molecule has 1 heterocycles. The number of hydrogen-bond acceptors (Lipinski definition) is 3. The van der Waals surface area contributed by atoms with Crippen LogP contribution in [0.2, 0.25) is 0 Å². The Morgan fingerprint density at radius 2 is 1.77 bits per heavy atom. The van der Waals surface area contributed by atoms with Crippen molar-refractivity contribution in [3.8, 4) is 5.75 Å². The van der Waals surface area contributed by atoms with Gasteiger partial charge in [-0.2, -0.15) is 0 Å². The molecule has 0 spiro atoms. The van der Waals surface area contributed by atoms with Gasteiger partial charge >= 0.3 is 0 Å². The summed E-state index contributed by atoms with van der Waals surface area (Å²) in [5.41, 5.74) is 2.80. The van der Waals surface area contributed by atoms with Gasteiger partial charge in [0, 0.05) is 37.2 Å². The van der Waals surface area contributed by atoms with E-state index in [9.17, 15) is 8.78 Å². The first-order valence-corrected chi connectivity index (χ1v) is 8.87. The molecule has 3 nitrogen and oxygen atoms in total. The molecule has 0 N–H and O–H groups in total. The molecule has 0 bridgehead atoms. The van der Waals surface area contributed by atoms with Crippen molar-refractivity contribution in [1.29, 1.82) is 0 Å². The highest BCUT2D eigenvalue weighted by molar-refractivity contribution is 5.36. The van der Waals surface area contributed by atoms with E-state index in [0.717, 1.165) is 19.2 Å². The van der Waals surface area contributed by atoms with Crippen molar-refractivity contribution in [2.24, 2.45) is 0 Å². The van der Waals surface area contributed by atoms with Crippen molar-refractivity contribution in [2.75, 3.05) is 34.3 Å². The Bertz CT molecular complexity index is 761. The first-order chi connectivity index (χ1) is 12.4. The number of likely N-dealkylation sites (N-methyl/N-ethyl adjacent to an activating group) is 1. The Labute approximate surface area is 154 Å². The molecule has 1 aliphatic heterocycles. The third-order valence-electron chi connectivity index (χ3n) is 5.29. The van der Waals surface area contributed by atoms with Crippen LogP contribution in [0.5, 0.6) is 5.75 Å². The zero-order valence-electron chi connectivity index (χ0n) is 15.8. The van der Waals surface area contributed by atoms with Gasteiger partial charge in [-0.3, -0.25) is 4.90 Å². The number of halogens is 2. The van der Waals surface area contributed by atoms with Crippen molar-refractivity contribution in [1.82, 2.24) is 9.80 Å². The van der Waals surface area contributed by atoms with Gasteiger partial charge in [-0.25, -0.2) is 8.78 Å². The average molecular weight is 360 g/mol. The fraction of sp³-hybridized carbons (Fsp3) is 0.429. The third-order valence-corrected chi connectivity index (χ3v) is 5.29. The summed E-state index contributed by atoms with van der Waals surface area (Å²) >= 11 is 0. The smallest absolute Gasteiger partial charge is 0.167 e. The summed E-state index contributed by atoms with van der Waals surface area (Å²) in [7, 11) is 5.62. The molecule has 3 rings (SSSR count). The number of methoxy groups -OCH3 is 1. The van der Waals surface area contributed by atoms with Crippen LogP contribution in [0.25, 0.3) is 0 Å². The number of benzene rings is 2. The summed E-state index contributed by atoms with van der Waals surface area (Å²) in [6.45, 7) is 4.00. The molecule has 1 saturated heterocycles. The van der Waals surface area contributed by atoms with Gasteiger partial charge in [0.25, 0.3) is 0 Å². The number of rotatable bonds is 5. The van der Waals surface area contributed by atoms with E-state index in [4.69, 9.17) is 4.74 Å². The van der Waals surface area contributed by atoms with Crippen LogP contribution in [0.4, 0.5) is 8.78 Å². The van der Waals surface area contributed by atoms with Crippen molar-refractivity contribution in [2.45, 2.75) is 25.4 Å². The van der Waals surface area contributed by atoms with Crippen LogP contribution in [0, 0.1) is 18.6 Å². The molecule has 26 heavy (non-hydrogen) atoms. The van der Waals surface area contributed by atoms with Crippen LogP contribution in [0.1, 0.15) is 22.6 Å². The van der Waals surface area contributed by atoms with Crippen LogP contribution >= 0.6 is 0 Å². The average Bonchev–Trinajstić information content (AvgIpc) is 3.04. The minimum Gasteiger partial charge on any atom is -0.496 e. The van der Waals surface area contributed by atoms with Gasteiger partial charge in [0.2, 0.25) is 0 Å². The maximum atomic E-state index is 14.3. The van der Waals surface area contributed by atoms with Crippen molar-refractivity contribution in [3.63, 3.8) is 0 Å². The quantitative estimate of drug-likeness (QED) is 0.806. The maximum Gasteiger partial charge on any atom is 0.167 e. The number of aryl methyl sites for hydroxylation is 1. The van der Waals surface area contributed by atoms with Crippen LogP contribution in [0.3, 0.4) is 0 Å². The Hall–Kier alpha value is -1.98. The zero-order chi connectivity index (χ0) is 18.8. The summed E-state index contributed by atoms with van der Waals surface area (Å²) in [6.07, 6.45) is 0. The summed E-state index contributed by atoms with van der Waals surface area (Å²) in [5, 5.41) is 0. The molecule has 2 aromatic rings. The van der Waals surface area contributed by atoms with E-state index in [1.54, 1.807) is 0 Å². The van der Waals surface area contributed by atoms with Crippen molar-refractivity contribution in [3.05, 3.63) is 64.7 Å². The van der Waals surface area contributed by atoms with Gasteiger partial charge in [0.15, 0.2) is 11.6 Å². The standard InChI is InChI=1S/C21H26F2N2O/c1-14-5-7-15(8-6-14)16-11-25(13-19(16)24(2)3)12-17-20(26-4)10-9-18(22)21(17)23/h5-10,16,19H,11-13H2,1-4H3/t16-,19+/m0/s1. The lowest BCUT2D eigenvalue weighted by Gasteiger charge is -2.25. The number of nitrogens with zero attached hydrogens (tertiary/aromatic N) is 2. The molecule has 0 aromatic heterocycles. The van der Waals surface area contributed by atoms with Crippen molar-refractivity contribution < 1.29 is 13.5 Å². The van der Waals surface area contributed by atoms with Crippen molar-refractivity contribution >= 4 is 0 Å². The minimum absolute atomic E-state index is 0.287. The van der Waals surface area contributed by atoms with E-state index in [1.165, 1.54) is 24.3 Å². The summed E-state index contributed by atoms with van der Waals surface area (Å²) in [4.78, 5) is 4.39. The van der Waals surface area contributed by atoms with Gasteiger partial charge in [0.05, 0.1) is 7.11 Å². The highest BCUT2D eigenvalue weighted by atomic mass is 19.2. The van der Waals surface area contributed by atoms with E-state index in [1.807, 2.05) is 0 Å². The fourth-order valence-corrected chi connectivity index (χ4v) is 3.80. The Balaban J connectivity index is 1.85. The van der Waals surface area contributed by atoms with Gasteiger partial charge < -0.3 is 9.64 Å². The van der Waals surface area contributed by atoms with Gasteiger partial charge in [-0.05, 0) is 38.7 Å². The fourth-order valence-electron chi connectivity index (χ4n) is 3.80. The van der Waals surface area contributed by atoms with Crippen LogP contribution in [0.15, 0.2) is 36.4 Å². The lowest BCUT2D eigenvalue weighted by Crippen LogP contribution is -2.34. The minimum atomic E-state index is -0.834. The first-order valence-electron chi connectivity index (χ1n) is 8.87. The SMILES string of the molecule is COc1ccc(F)c(F)c1CN1C[C@@H](N(C)C)[C@H](c2ccc(C)cc2)C1. The van der Waals surface area contributed by atoms with E-state index < -0.39 is 11.6 Å². The summed E-state index contributed by atoms with van der Waals surface area (Å²) in [6, 6.07) is 11.5. The number of likely N-dealkylation sites (tertiary alicyclic amines) is 1. The molecule has 0 amide bonds. The molecule has 2 aromatic carbocycles. The van der Waals surface area contributed by atoms with Crippen LogP contribution in [-0.4, -0.2) is 50.1 Å². The van der Waals surface area contributed by atoms with E-state index in [2.05, 4.69) is 55.1 Å². The molecule has 2 atom stereocenters. The predicted molar refractivity (Wildman–Crippen MR) is 99.6 cm³/mol. The maximum absolute atomic E-state index is 14.3. The molecule has 0 saturated carbocycles. The van der Waals surface area contributed by atoms with Gasteiger partial charge in [0.1, 0.15) is 5.75 Å². The topological polar surface area (TPSA) is 15.7 Å². The summed E-state index contributed by atoms with van der Waals surface area (Å²) in [5.74, 6) is -0.930. The normalized spacial score (nSPS) is 20.7. The number of ether oxygens (including phenoxy) is 1. The first kappa shape index (κ1) is 18.8. The van der Waals surface area contributed by atoms with Crippen LogP contribution in [-0.2, 0) is 6.54 Å². The van der Waals surface area contributed by atoms with Gasteiger partial charge in [-0.1, -0.05) is 29.8 Å². The third kappa shape index (κ3) is 3.74. The van der Waals surface area contributed by atoms with Crippen LogP contribution < -0.4 is 4.74 Å². The molecule has 140 valence electrons. The molecular formula is C21H26F2N2O. The molecule has 0 aliphatic carbocycles. The van der Waals surface area contributed by atoms with E-state index >= 15 is 0 Å². The molecule has 1 aliphatic rings. The Morgan fingerprint density at radius 1 is 1.08 bits per heavy atom. The van der Waals surface area contributed by atoms with E-state index in [0.29, 0.717) is 24.3 Å². The Morgan fingerprint density at radius 3 is 2.38 bits per heavy atom.